The summed E-state index contributed by atoms with van der Waals surface area (Å²) in [6.45, 7) is 2.06. The van der Waals surface area contributed by atoms with Crippen molar-refractivity contribution in [1.29, 1.82) is 0 Å². The fraction of sp³-hybridized carbons (Fsp3) is 0.308. The number of hydrogen-bond donors (Lipinski definition) is 0. The van der Waals surface area contributed by atoms with Gasteiger partial charge in [0.2, 0.25) is 5.75 Å². The quantitative estimate of drug-likeness (QED) is 0.431. The number of pyridine rings is 1. The van der Waals surface area contributed by atoms with Crippen molar-refractivity contribution in [2.24, 2.45) is 0 Å². The molecule has 5 rings (SSSR count). The lowest BCUT2D eigenvalue weighted by atomic mass is 9.87. The van der Waals surface area contributed by atoms with E-state index in [0.29, 0.717) is 17.2 Å². The fourth-order valence-corrected chi connectivity index (χ4v) is 4.77. The zero-order valence-corrected chi connectivity index (χ0v) is 18.9. The van der Waals surface area contributed by atoms with Crippen LogP contribution in [0.25, 0.3) is 27.8 Å². The molecule has 4 aromatic rings. The van der Waals surface area contributed by atoms with Crippen molar-refractivity contribution in [3.63, 3.8) is 0 Å². The highest BCUT2D eigenvalue weighted by molar-refractivity contribution is 5.98. The van der Waals surface area contributed by atoms with Crippen molar-refractivity contribution >= 4 is 11.0 Å². The Balaban J connectivity index is 1.86. The number of para-hydroxylation sites is 1. The van der Waals surface area contributed by atoms with Gasteiger partial charge in [0, 0.05) is 5.69 Å². The maximum Gasteiger partial charge on any atom is 0.203 e. The minimum atomic E-state index is 0.592. The van der Waals surface area contributed by atoms with Gasteiger partial charge in [0.25, 0.3) is 0 Å². The number of benzene rings is 2. The number of ether oxygens (including phenoxy) is 3. The third-order valence-electron chi connectivity index (χ3n) is 6.22. The summed E-state index contributed by atoms with van der Waals surface area (Å²) in [5, 5.41) is 5.98. The number of nitrogens with zero attached hydrogens (tertiary/aromatic N) is 3. The van der Waals surface area contributed by atoms with Crippen LogP contribution in [0.1, 0.15) is 29.8 Å². The maximum absolute atomic E-state index is 5.66. The van der Waals surface area contributed by atoms with E-state index < -0.39 is 0 Å². The largest absolute Gasteiger partial charge is 0.493 e. The van der Waals surface area contributed by atoms with Gasteiger partial charge in [0.05, 0.1) is 38.1 Å². The van der Waals surface area contributed by atoms with Crippen LogP contribution in [0.3, 0.4) is 0 Å². The molecule has 2 aromatic heterocycles. The van der Waals surface area contributed by atoms with Gasteiger partial charge >= 0.3 is 0 Å². The second kappa shape index (κ2) is 8.19. The summed E-state index contributed by atoms with van der Waals surface area (Å²) in [7, 11) is 4.93. The van der Waals surface area contributed by atoms with Gasteiger partial charge in [-0.25, -0.2) is 9.67 Å². The van der Waals surface area contributed by atoms with Crippen molar-refractivity contribution in [2.75, 3.05) is 21.3 Å². The summed E-state index contributed by atoms with van der Waals surface area (Å²) >= 11 is 0. The van der Waals surface area contributed by atoms with Gasteiger partial charge in [0.15, 0.2) is 17.1 Å². The first kappa shape index (κ1) is 20.4. The zero-order valence-electron chi connectivity index (χ0n) is 18.9. The lowest BCUT2D eigenvalue weighted by molar-refractivity contribution is 0.324. The molecule has 6 nitrogen and oxygen atoms in total. The standard InChI is InChI=1S/C26H27N3O3/c1-16-23-24(17-14-21(30-2)25(32-4)22(15-17)31-3)19-12-8-9-13-20(19)27-26(23)29(28-16)18-10-6-5-7-11-18/h5-7,10-11,14-15H,8-9,12-13H2,1-4H3. The number of fused-ring (bicyclic) bond motifs is 2. The number of hydrogen-bond acceptors (Lipinski definition) is 5. The van der Waals surface area contributed by atoms with Gasteiger partial charge in [-0.15, -0.1) is 0 Å². The molecule has 2 heterocycles. The second-order valence-corrected chi connectivity index (χ2v) is 8.06. The van der Waals surface area contributed by atoms with Gasteiger partial charge in [-0.1, -0.05) is 18.2 Å². The van der Waals surface area contributed by atoms with E-state index in [9.17, 15) is 0 Å². The van der Waals surface area contributed by atoms with Gasteiger partial charge in [-0.05, 0) is 73.6 Å². The average molecular weight is 430 g/mol. The van der Waals surface area contributed by atoms with E-state index in [1.807, 2.05) is 35.0 Å². The summed E-state index contributed by atoms with van der Waals surface area (Å²) in [5.74, 6) is 1.88. The average Bonchev–Trinajstić information content (AvgIpc) is 3.17. The lowest BCUT2D eigenvalue weighted by Crippen LogP contribution is -2.09. The number of aromatic nitrogens is 3. The molecule has 0 unspecified atom stereocenters. The molecule has 0 N–H and O–H groups in total. The molecular weight excluding hydrogens is 402 g/mol. The molecule has 164 valence electrons. The second-order valence-electron chi connectivity index (χ2n) is 8.06. The van der Waals surface area contributed by atoms with Crippen LogP contribution in [0.5, 0.6) is 17.2 Å². The molecule has 1 aliphatic rings. The molecule has 0 fully saturated rings. The monoisotopic (exact) mass is 429 g/mol. The first-order valence-electron chi connectivity index (χ1n) is 10.9. The van der Waals surface area contributed by atoms with Crippen LogP contribution in [0, 0.1) is 6.92 Å². The lowest BCUT2D eigenvalue weighted by Gasteiger charge is -2.21. The van der Waals surface area contributed by atoms with E-state index in [4.69, 9.17) is 24.3 Å². The van der Waals surface area contributed by atoms with E-state index in [0.717, 1.165) is 59.4 Å². The summed E-state index contributed by atoms with van der Waals surface area (Å²) in [5.41, 5.74) is 7.50. The van der Waals surface area contributed by atoms with Crippen molar-refractivity contribution in [3.8, 4) is 34.1 Å². The molecule has 6 heteroatoms. The van der Waals surface area contributed by atoms with Crippen molar-refractivity contribution in [2.45, 2.75) is 32.6 Å². The Morgan fingerprint density at radius 1 is 0.875 bits per heavy atom. The van der Waals surface area contributed by atoms with Crippen molar-refractivity contribution < 1.29 is 14.2 Å². The predicted molar refractivity (Wildman–Crippen MR) is 125 cm³/mol. The Labute approximate surface area is 187 Å². The van der Waals surface area contributed by atoms with E-state index in [1.54, 1.807) is 21.3 Å². The number of aryl methyl sites for hydroxylation is 2. The van der Waals surface area contributed by atoms with E-state index in [1.165, 1.54) is 11.1 Å². The molecule has 2 aromatic carbocycles. The van der Waals surface area contributed by atoms with Crippen LogP contribution < -0.4 is 14.2 Å². The SMILES string of the molecule is COc1cc(-c2c3c(nc4c2c(C)nn4-c2ccccc2)CCCC3)cc(OC)c1OC. The zero-order chi connectivity index (χ0) is 22.2. The number of rotatable bonds is 5. The maximum atomic E-state index is 5.66. The fourth-order valence-electron chi connectivity index (χ4n) is 4.77. The van der Waals surface area contributed by atoms with Crippen molar-refractivity contribution in [3.05, 3.63) is 59.4 Å². The minimum Gasteiger partial charge on any atom is -0.493 e. The highest BCUT2D eigenvalue weighted by Gasteiger charge is 2.25. The molecule has 0 spiro atoms. The molecular formula is C26H27N3O3. The molecule has 0 saturated carbocycles. The number of methoxy groups -OCH3 is 3. The molecule has 0 amide bonds. The summed E-state index contributed by atoms with van der Waals surface area (Å²) in [6, 6.07) is 14.2. The van der Waals surface area contributed by atoms with Crippen LogP contribution in [0.15, 0.2) is 42.5 Å². The Morgan fingerprint density at radius 2 is 1.56 bits per heavy atom. The molecule has 1 aliphatic carbocycles. The van der Waals surface area contributed by atoms with Crippen LogP contribution in [0.4, 0.5) is 0 Å². The Kier molecular flexibility index (Phi) is 5.21. The molecule has 32 heavy (non-hydrogen) atoms. The topological polar surface area (TPSA) is 58.4 Å². The highest BCUT2D eigenvalue weighted by Crippen LogP contribution is 2.45. The molecule has 0 radical (unpaired) electrons. The third-order valence-corrected chi connectivity index (χ3v) is 6.22. The first-order valence-corrected chi connectivity index (χ1v) is 10.9. The van der Waals surface area contributed by atoms with Crippen molar-refractivity contribution in [1.82, 2.24) is 14.8 Å². The van der Waals surface area contributed by atoms with E-state index >= 15 is 0 Å². The van der Waals surface area contributed by atoms with Gasteiger partial charge in [0.1, 0.15) is 0 Å². The molecule has 0 saturated heterocycles. The van der Waals surface area contributed by atoms with Gasteiger partial charge < -0.3 is 14.2 Å². The molecule has 0 aliphatic heterocycles. The summed E-state index contributed by atoms with van der Waals surface area (Å²) in [4.78, 5) is 5.13. The van der Waals surface area contributed by atoms with Crippen LogP contribution in [-0.4, -0.2) is 36.1 Å². The Hall–Kier alpha value is -3.54. The summed E-state index contributed by atoms with van der Waals surface area (Å²) in [6.07, 6.45) is 4.28. The van der Waals surface area contributed by atoms with E-state index in [-0.39, 0.29) is 0 Å². The molecule has 0 atom stereocenters. The Morgan fingerprint density at radius 3 is 2.22 bits per heavy atom. The van der Waals surface area contributed by atoms with Crippen LogP contribution in [0.2, 0.25) is 0 Å². The Bertz CT molecular complexity index is 1270. The van der Waals surface area contributed by atoms with E-state index in [2.05, 4.69) is 19.1 Å². The molecule has 0 bridgehead atoms. The minimum absolute atomic E-state index is 0.592. The normalized spacial score (nSPS) is 13.1. The first-order chi connectivity index (χ1) is 15.7. The third kappa shape index (κ3) is 3.18. The smallest absolute Gasteiger partial charge is 0.203 e. The highest BCUT2D eigenvalue weighted by atomic mass is 16.5. The van der Waals surface area contributed by atoms with Crippen LogP contribution >= 0.6 is 0 Å². The predicted octanol–water partition coefficient (Wildman–Crippen LogP) is 5.30. The van der Waals surface area contributed by atoms with Crippen LogP contribution in [-0.2, 0) is 12.8 Å². The summed E-state index contributed by atoms with van der Waals surface area (Å²) < 4.78 is 18.8. The van der Waals surface area contributed by atoms with Gasteiger partial charge in [-0.3, -0.25) is 0 Å². The van der Waals surface area contributed by atoms with Gasteiger partial charge in [-0.2, -0.15) is 5.10 Å².